The van der Waals surface area contributed by atoms with Gasteiger partial charge in [-0.2, -0.15) is 0 Å². The molecule has 0 spiro atoms. The Bertz CT molecular complexity index is 1510. The minimum absolute atomic E-state index is 0.0217. The van der Waals surface area contributed by atoms with E-state index in [1.165, 1.54) is 15.9 Å². The summed E-state index contributed by atoms with van der Waals surface area (Å²) < 4.78 is 44.8. The van der Waals surface area contributed by atoms with E-state index in [1.54, 1.807) is 19.1 Å². The number of benzene rings is 2. The van der Waals surface area contributed by atoms with Gasteiger partial charge >= 0.3 is 6.03 Å². The largest absolute Gasteiger partial charge is 0.421 e. The van der Waals surface area contributed by atoms with Crippen LogP contribution in [0.1, 0.15) is 37.8 Å². The Morgan fingerprint density at radius 1 is 0.953 bits per heavy atom. The lowest BCUT2D eigenvalue weighted by atomic mass is 9.96. The number of sulfone groups is 1. The van der Waals surface area contributed by atoms with E-state index in [1.807, 2.05) is 24.3 Å². The number of carbonyl (C=O) groups excluding carboxylic acids is 1. The molecule has 1 aromatic heterocycles. The molecule has 2 aromatic carbocycles. The number of hydrogen-bond donors (Lipinski definition) is 0. The Hall–Kier alpha value is -3.35. The van der Waals surface area contributed by atoms with E-state index in [4.69, 9.17) is 4.42 Å². The van der Waals surface area contributed by atoms with Gasteiger partial charge in [0.2, 0.25) is 11.8 Å². The molecule has 2 aliphatic heterocycles. The summed E-state index contributed by atoms with van der Waals surface area (Å²) in [5.74, 6) is -0.0696. The van der Waals surface area contributed by atoms with E-state index in [2.05, 4.69) is 40.8 Å². The molecular weight excluding hydrogens is 571 g/mol. The Labute approximate surface area is 253 Å². The van der Waals surface area contributed by atoms with Crippen molar-refractivity contribution in [1.29, 1.82) is 0 Å². The van der Waals surface area contributed by atoms with Gasteiger partial charge in [-0.25, -0.2) is 17.6 Å². The van der Waals surface area contributed by atoms with Crippen molar-refractivity contribution in [2.24, 2.45) is 5.41 Å². The molecule has 0 aliphatic carbocycles. The van der Waals surface area contributed by atoms with E-state index >= 15 is 4.39 Å². The number of anilines is 1. The highest BCUT2D eigenvalue weighted by atomic mass is 32.2. The lowest BCUT2D eigenvalue weighted by molar-refractivity contribution is 0.0983. The third-order valence-electron chi connectivity index (χ3n) is 7.82. The molecule has 3 aromatic rings. The van der Waals surface area contributed by atoms with Crippen LogP contribution in [0.15, 0.2) is 46.9 Å². The van der Waals surface area contributed by atoms with Gasteiger partial charge in [-0.1, -0.05) is 39.0 Å². The van der Waals surface area contributed by atoms with Crippen molar-refractivity contribution in [3.63, 3.8) is 0 Å². The predicted molar refractivity (Wildman–Crippen MR) is 164 cm³/mol. The van der Waals surface area contributed by atoms with Crippen LogP contribution in [0.2, 0.25) is 0 Å². The zero-order chi connectivity index (χ0) is 30.8. The van der Waals surface area contributed by atoms with Crippen LogP contribution in [0.25, 0.3) is 11.5 Å². The van der Waals surface area contributed by atoms with Crippen molar-refractivity contribution in [2.75, 3.05) is 62.2 Å². The average Bonchev–Trinajstić information content (AvgIpc) is 3.39. The van der Waals surface area contributed by atoms with Gasteiger partial charge < -0.3 is 14.2 Å². The molecule has 0 saturated carbocycles. The highest BCUT2D eigenvalue weighted by Gasteiger charge is 2.30. The molecular formula is C31H41FN6O4S. The topological polar surface area (TPSA) is 103 Å². The van der Waals surface area contributed by atoms with Gasteiger partial charge in [0.05, 0.1) is 18.1 Å². The van der Waals surface area contributed by atoms with Gasteiger partial charge in [-0.15, -0.1) is 10.2 Å². The predicted octanol–water partition coefficient (Wildman–Crippen LogP) is 4.20. The number of nitrogens with zero attached hydrogens (tertiary/aromatic N) is 6. The maximum Gasteiger partial charge on any atom is 0.324 e. The minimum Gasteiger partial charge on any atom is -0.421 e. The number of aryl methyl sites for hydroxylation is 1. The first-order valence-electron chi connectivity index (χ1n) is 14.7. The molecule has 5 rings (SSSR count). The number of carbonyl (C=O) groups is 1. The van der Waals surface area contributed by atoms with Crippen LogP contribution in [-0.4, -0.2) is 96.7 Å². The fourth-order valence-electron chi connectivity index (χ4n) is 5.55. The van der Waals surface area contributed by atoms with Gasteiger partial charge in [0, 0.05) is 76.1 Å². The van der Waals surface area contributed by atoms with Crippen LogP contribution in [0.3, 0.4) is 0 Å². The standard InChI is InChI=1S/C31H41FN6O4S/c1-23-33-34-29(42-23)25-7-8-26(28(32)19-25)21-38(30(39)37-15-17-43(40,41)18-16-37)27-9-5-24(6-10-27)20-35-11-13-36(14-12-35)22-31(2,3)4/h5-10,19H,11-18,20-22H2,1-4H3. The Kier molecular flexibility index (Phi) is 9.19. The zero-order valence-corrected chi connectivity index (χ0v) is 26.2. The summed E-state index contributed by atoms with van der Waals surface area (Å²) in [6.45, 7) is 14.6. The van der Waals surface area contributed by atoms with Gasteiger partial charge in [0.25, 0.3) is 0 Å². The number of aromatic nitrogens is 2. The van der Waals surface area contributed by atoms with Gasteiger partial charge in [-0.05, 0) is 35.2 Å². The fraction of sp³-hybridized carbons (Fsp3) is 0.516. The smallest absolute Gasteiger partial charge is 0.324 e. The Morgan fingerprint density at radius 3 is 2.19 bits per heavy atom. The number of amides is 2. The molecule has 3 heterocycles. The zero-order valence-electron chi connectivity index (χ0n) is 25.4. The summed E-state index contributed by atoms with van der Waals surface area (Å²) in [6, 6.07) is 12.1. The number of piperazine rings is 1. The average molecular weight is 613 g/mol. The first-order chi connectivity index (χ1) is 20.3. The van der Waals surface area contributed by atoms with E-state index < -0.39 is 15.7 Å². The maximum atomic E-state index is 15.3. The molecule has 2 fully saturated rings. The second-order valence-electron chi connectivity index (χ2n) is 12.7. The molecule has 0 bridgehead atoms. The lowest BCUT2D eigenvalue weighted by Crippen LogP contribution is -2.49. The van der Waals surface area contributed by atoms with Gasteiger partial charge in [0.1, 0.15) is 5.82 Å². The van der Waals surface area contributed by atoms with Crippen LogP contribution in [0.4, 0.5) is 14.9 Å². The molecule has 0 atom stereocenters. The van der Waals surface area contributed by atoms with Gasteiger partial charge in [0.15, 0.2) is 9.84 Å². The normalized spacial score (nSPS) is 18.1. The maximum absolute atomic E-state index is 15.3. The van der Waals surface area contributed by atoms with Crippen LogP contribution >= 0.6 is 0 Å². The first-order valence-corrected chi connectivity index (χ1v) is 16.6. The quantitative estimate of drug-likeness (QED) is 0.391. The van der Waals surface area contributed by atoms with Crippen molar-refractivity contribution in [3.8, 4) is 11.5 Å². The third kappa shape index (κ3) is 8.18. The highest BCUT2D eigenvalue weighted by Crippen LogP contribution is 2.26. The highest BCUT2D eigenvalue weighted by molar-refractivity contribution is 7.91. The van der Waals surface area contributed by atoms with Crippen LogP contribution in [0, 0.1) is 18.2 Å². The van der Waals surface area contributed by atoms with Crippen molar-refractivity contribution in [1.82, 2.24) is 24.9 Å². The number of rotatable bonds is 7. The second-order valence-corrected chi connectivity index (χ2v) is 15.0. The van der Waals surface area contributed by atoms with E-state index in [9.17, 15) is 13.2 Å². The fourth-order valence-corrected chi connectivity index (χ4v) is 6.75. The van der Waals surface area contributed by atoms with Crippen molar-refractivity contribution >= 4 is 21.6 Å². The van der Waals surface area contributed by atoms with E-state index in [0.717, 1.165) is 44.8 Å². The summed E-state index contributed by atoms with van der Waals surface area (Å²) in [5, 5.41) is 7.76. The molecule has 0 N–H and O–H groups in total. The molecule has 2 amide bonds. The number of urea groups is 1. The molecule has 10 nitrogen and oxygen atoms in total. The summed E-state index contributed by atoms with van der Waals surface area (Å²) in [7, 11) is -3.17. The Balaban J connectivity index is 1.31. The molecule has 0 unspecified atom stereocenters. The molecule has 0 radical (unpaired) electrons. The van der Waals surface area contributed by atoms with Crippen molar-refractivity contribution in [3.05, 3.63) is 65.3 Å². The molecule has 43 heavy (non-hydrogen) atoms. The SMILES string of the molecule is Cc1nnc(-c2ccc(CN(C(=O)N3CCS(=O)(=O)CC3)c3ccc(CN4CCN(CC(C)(C)C)CC4)cc3)c(F)c2)o1. The first kappa shape index (κ1) is 31.1. The molecule has 12 heteroatoms. The monoisotopic (exact) mass is 612 g/mol. The molecule has 2 aliphatic rings. The number of hydrogen-bond acceptors (Lipinski definition) is 8. The Morgan fingerprint density at radius 2 is 1.60 bits per heavy atom. The third-order valence-corrected chi connectivity index (χ3v) is 9.43. The van der Waals surface area contributed by atoms with Crippen LogP contribution < -0.4 is 4.90 Å². The molecule has 2 saturated heterocycles. The van der Waals surface area contributed by atoms with Gasteiger partial charge in [-0.3, -0.25) is 9.80 Å². The minimum atomic E-state index is -3.17. The van der Waals surface area contributed by atoms with Crippen LogP contribution in [0.5, 0.6) is 0 Å². The summed E-state index contributed by atoms with van der Waals surface area (Å²) in [6.07, 6.45) is 0. The lowest BCUT2D eigenvalue weighted by Gasteiger charge is -2.38. The van der Waals surface area contributed by atoms with E-state index in [-0.39, 0.29) is 48.5 Å². The second kappa shape index (κ2) is 12.7. The van der Waals surface area contributed by atoms with Crippen molar-refractivity contribution < 1.29 is 22.0 Å². The van der Waals surface area contributed by atoms with Crippen LogP contribution in [-0.2, 0) is 22.9 Å². The summed E-state index contributed by atoms with van der Waals surface area (Å²) >= 11 is 0. The molecule has 232 valence electrons. The summed E-state index contributed by atoms with van der Waals surface area (Å²) in [4.78, 5) is 21.7. The summed E-state index contributed by atoms with van der Waals surface area (Å²) in [5.41, 5.74) is 2.80. The van der Waals surface area contributed by atoms with Crippen molar-refractivity contribution in [2.45, 2.75) is 40.8 Å². The van der Waals surface area contributed by atoms with E-state index in [0.29, 0.717) is 22.7 Å². The number of halogens is 1.